The molecule has 2 rings (SSSR count). The van der Waals surface area contributed by atoms with E-state index in [1.165, 1.54) is 6.92 Å². The zero-order valence-corrected chi connectivity index (χ0v) is 12.2. The minimum Gasteiger partial charge on any atom is -0.493 e. The van der Waals surface area contributed by atoms with Crippen LogP contribution in [0.4, 0.5) is 5.69 Å². The highest BCUT2D eigenvalue weighted by Gasteiger charge is 2.13. The smallest absolute Gasteiger partial charge is 0.221 e. The Balaban J connectivity index is 2.36. The van der Waals surface area contributed by atoms with E-state index in [4.69, 9.17) is 14.2 Å². The molecule has 0 radical (unpaired) electrons. The Morgan fingerprint density at radius 1 is 0.905 bits per heavy atom. The lowest BCUT2D eigenvalue weighted by Crippen LogP contribution is -2.06. The first kappa shape index (κ1) is 14.7. The van der Waals surface area contributed by atoms with E-state index in [0.29, 0.717) is 28.7 Å². The molecule has 0 fully saturated rings. The normalized spacial score (nSPS) is 9.86. The number of hydrogen-bond acceptors (Lipinski definition) is 4. The van der Waals surface area contributed by atoms with Crippen LogP contribution in [-0.4, -0.2) is 20.1 Å². The van der Waals surface area contributed by atoms with E-state index in [1.807, 2.05) is 12.1 Å². The molecule has 1 N–H and O–H groups in total. The third kappa shape index (κ3) is 3.45. The number of carbonyl (C=O) groups excluding carboxylic acids is 1. The first-order valence-electron chi connectivity index (χ1n) is 6.41. The van der Waals surface area contributed by atoms with Crippen molar-refractivity contribution in [1.29, 1.82) is 0 Å². The molecule has 2 aromatic carbocycles. The van der Waals surface area contributed by atoms with E-state index in [1.54, 1.807) is 44.6 Å². The monoisotopic (exact) mass is 287 g/mol. The van der Waals surface area contributed by atoms with Crippen LogP contribution in [-0.2, 0) is 4.79 Å². The zero-order chi connectivity index (χ0) is 15.2. The van der Waals surface area contributed by atoms with Crippen LogP contribution in [0.1, 0.15) is 6.92 Å². The maximum Gasteiger partial charge on any atom is 0.221 e. The highest BCUT2D eigenvalue weighted by atomic mass is 16.5. The van der Waals surface area contributed by atoms with Crippen molar-refractivity contribution < 1.29 is 19.0 Å². The molecular weight excluding hydrogens is 270 g/mol. The quantitative estimate of drug-likeness (QED) is 0.915. The van der Waals surface area contributed by atoms with Gasteiger partial charge in [-0.1, -0.05) is 18.2 Å². The molecule has 0 spiro atoms. The molecule has 0 aromatic heterocycles. The number of methoxy groups -OCH3 is 2. The van der Waals surface area contributed by atoms with Crippen LogP contribution in [0.3, 0.4) is 0 Å². The third-order valence-electron chi connectivity index (χ3n) is 2.78. The van der Waals surface area contributed by atoms with Crippen molar-refractivity contribution in [2.75, 3.05) is 19.5 Å². The summed E-state index contributed by atoms with van der Waals surface area (Å²) in [6.45, 7) is 1.45. The fourth-order valence-corrected chi connectivity index (χ4v) is 1.91. The number of carbonyl (C=O) groups is 1. The molecule has 5 nitrogen and oxygen atoms in total. The molecule has 0 saturated heterocycles. The number of nitrogens with one attached hydrogen (secondary N) is 1. The van der Waals surface area contributed by atoms with Crippen LogP contribution in [0.5, 0.6) is 23.0 Å². The summed E-state index contributed by atoms with van der Waals surface area (Å²) in [6.07, 6.45) is 0. The van der Waals surface area contributed by atoms with Gasteiger partial charge in [-0.3, -0.25) is 4.79 Å². The number of ether oxygens (including phenoxy) is 3. The van der Waals surface area contributed by atoms with Gasteiger partial charge in [0.15, 0.2) is 17.2 Å². The summed E-state index contributed by atoms with van der Waals surface area (Å²) in [6, 6.07) is 12.5. The predicted octanol–water partition coefficient (Wildman–Crippen LogP) is 3.45. The number of benzene rings is 2. The standard InChI is InChI=1S/C16H17NO4/c1-11(18)17-12-7-4-5-8-13(12)21-15-10-6-9-14(19-2)16(15)20-3/h4-10H,1-3H3,(H,17,18). The van der Waals surface area contributed by atoms with Crippen LogP contribution in [0.25, 0.3) is 0 Å². The summed E-state index contributed by atoms with van der Waals surface area (Å²) in [5, 5.41) is 2.72. The number of amides is 1. The average molecular weight is 287 g/mol. The van der Waals surface area contributed by atoms with Crippen LogP contribution >= 0.6 is 0 Å². The van der Waals surface area contributed by atoms with Crippen molar-refractivity contribution in [3.05, 3.63) is 42.5 Å². The Morgan fingerprint density at radius 2 is 1.57 bits per heavy atom. The Bertz CT molecular complexity index is 640. The molecule has 0 unspecified atom stereocenters. The first-order chi connectivity index (χ1) is 10.2. The Labute approximate surface area is 123 Å². The second-order valence-corrected chi connectivity index (χ2v) is 4.27. The molecule has 0 aliphatic rings. The minimum absolute atomic E-state index is 0.163. The Kier molecular flexibility index (Phi) is 4.66. The van der Waals surface area contributed by atoms with Gasteiger partial charge in [-0.25, -0.2) is 0 Å². The van der Waals surface area contributed by atoms with E-state index in [0.717, 1.165) is 0 Å². The van der Waals surface area contributed by atoms with Gasteiger partial charge >= 0.3 is 0 Å². The molecule has 0 saturated carbocycles. The van der Waals surface area contributed by atoms with E-state index < -0.39 is 0 Å². The molecule has 0 aliphatic carbocycles. The van der Waals surface area contributed by atoms with Crippen molar-refractivity contribution in [1.82, 2.24) is 0 Å². The van der Waals surface area contributed by atoms with Crippen molar-refractivity contribution in [2.45, 2.75) is 6.92 Å². The van der Waals surface area contributed by atoms with Gasteiger partial charge in [-0.2, -0.15) is 0 Å². The molecule has 1 amide bonds. The van der Waals surface area contributed by atoms with Crippen molar-refractivity contribution in [3.8, 4) is 23.0 Å². The van der Waals surface area contributed by atoms with E-state index >= 15 is 0 Å². The summed E-state index contributed by atoms with van der Waals surface area (Å²) < 4.78 is 16.4. The van der Waals surface area contributed by atoms with Gasteiger partial charge in [0.05, 0.1) is 19.9 Å². The van der Waals surface area contributed by atoms with Gasteiger partial charge in [-0.05, 0) is 24.3 Å². The summed E-state index contributed by atoms with van der Waals surface area (Å²) in [7, 11) is 3.11. The molecule has 110 valence electrons. The third-order valence-corrected chi connectivity index (χ3v) is 2.78. The summed E-state index contributed by atoms with van der Waals surface area (Å²) in [4.78, 5) is 11.2. The fraction of sp³-hybridized carbons (Fsp3) is 0.188. The Morgan fingerprint density at radius 3 is 2.24 bits per heavy atom. The van der Waals surface area contributed by atoms with Crippen LogP contribution in [0.15, 0.2) is 42.5 Å². The maximum atomic E-state index is 11.2. The summed E-state index contributed by atoms with van der Waals surface area (Å²) in [5.74, 6) is 1.95. The second-order valence-electron chi connectivity index (χ2n) is 4.27. The van der Waals surface area contributed by atoms with E-state index in [2.05, 4.69) is 5.32 Å². The summed E-state index contributed by atoms with van der Waals surface area (Å²) >= 11 is 0. The van der Waals surface area contributed by atoms with Gasteiger partial charge in [-0.15, -0.1) is 0 Å². The molecule has 0 aliphatic heterocycles. The molecule has 0 heterocycles. The number of para-hydroxylation sites is 3. The minimum atomic E-state index is -0.163. The molecule has 0 atom stereocenters. The predicted molar refractivity (Wildman–Crippen MR) is 80.4 cm³/mol. The van der Waals surface area contributed by atoms with Crippen LogP contribution in [0.2, 0.25) is 0 Å². The number of hydrogen-bond donors (Lipinski definition) is 1. The van der Waals surface area contributed by atoms with E-state index in [9.17, 15) is 4.79 Å². The van der Waals surface area contributed by atoms with Gasteiger partial charge in [0.2, 0.25) is 11.7 Å². The molecule has 0 bridgehead atoms. The lowest BCUT2D eigenvalue weighted by atomic mass is 10.2. The van der Waals surface area contributed by atoms with Gasteiger partial charge in [0, 0.05) is 6.92 Å². The number of rotatable bonds is 5. The average Bonchev–Trinajstić information content (AvgIpc) is 2.48. The highest BCUT2D eigenvalue weighted by Crippen LogP contribution is 2.40. The second kappa shape index (κ2) is 6.65. The van der Waals surface area contributed by atoms with Crippen molar-refractivity contribution >= 4 is 11.6 Å². The maximum absolute atomic E-state index is 11.2. The zero-order valence-electron chi connectivity index (χ0n) is 12.2. The molecule has 21 heavy (non-hydrogen) atoms. The van der Waals surface area contributed by atoms with Crippen molar-refractivity contribution in [3.63, 3.8) is 0 Å². The molecule has 2 aromatic rings. The summed E-state index contributed by atoms with van der Waals surface area (Å²) in [5.41, 5.74) is 0.592. The van der Waals surface area contributed by atoms with Gasteiger partial charge in [0.1, 0.15) is 0 Å². The van der Waals surface area contributed by atoms with Crippen LogP contribution in [0, 0.1) is 0 Å². The highest BCUT2D eigenvalue weighted by molar-refractivity contribution is 5.90. The lowest BCUT2D eigenvalue weighted by Gasteiger charge is -2.15. The van der Waals surface area contributed by atoms with Gasteiger partial charge < -0.3 is 19.5 Å². The fourth-order valence-electron chi connectivity index (χ4n) is 1.91. The largest absolute Gasteiger partial charge is 0.493 e. The van der Waals surface area contributed by atoms with E-state index in [-0.39, 0.29) is 5.91 Å². The Hall–Kier alpha value is -2.69. The SMILES string of the molecule is COc1cccc(Oc2ccccc2NC(C)=O)c1OC. The van der Waals surface area contributed by atoms with Crippen molar-refractivity contribution in [2.24, 2.45) is 0 Å². The topological polar surface area (TPSA) is 56.8 Å². The lowest BCUT2D eigenvalue weighted by molar-refractivity contribution is -0.114. The first-order valence-corrected chi connectivity index (χ1v) is 6.41. The van der Waals surface area contributed by atoms with Crippen LogP contribution < -0.4 is 19.5 Å². The molecule has 5 heteroatoms. The van der Waals surface area contributed by atoms with Gasteiger partial charge in [0.25, 0.3) is 0 Å². The number of anilines is 1. The molecular formula is C16H17NO4.